The molecule has 1 N–H and O–H groups in total. The van der Waals surface area contributed by atoms with Crippen molar-refractivity contribution in [3.63, 3.8) is 0 Å². The van der Waals surface area contributed by atoms with Gasteiger partial charge in [0.2, 0.25) is 5.91 Å². The van der Waals surface area contributed by atoms with E-state index < -0.39 is 0 Å². The number of benzene rings is 1. The van der Waals surface area contributed by atoms with Gasteiger partial charge in [0.1, 0.15) is 0 Å². The van der Waals surface area contributed by atoms with Gasteiger partial charge in [0.15, 0.2) is 0 Å². The summed E-state index contributed by atoms with van der Waals surface area (Å²) in [6, 6.07) is 8.69. The first kappa shape index (κ1) is 13.6. The Morgan fingerprint density at radius 3 is 2.35 bits per heavy atom. The van der Waals surface area contributed by atoms with Crippen LogP contribution in [-0.2, 0) is 17.9 Å². The molecule has 0 aromatic heterocycles. The monoisotopic (exact) mass is 272 g/mol. The van der Waals surface area contributed by atoms with Crippen LogP contribution in [0.15, 0.2) is 24.3 Å². The standard InChI is InChI=1S/C17H24N2O/c20-17(16-8-9-16)18-12-14-4-6-15(7-5-14)13-19-10-2-1-3-11-19/h4-7,16H,1-3,8-13H2,(H,18,20). The highest BCUT2D eigenvalue weighted by Gasteiger charge is 2.29. The summed E-state index contributed by atoms with van der Waals surface area (Å²) in [5.74, 6) is 0.524. The minimum absolute atomic E-state index is 0.224. The number of likely N-dealkylation sites (tertiary alicyclic amines) is 1. The van der Waals surface area contributed by atoms with Crippen LogP contribution in [0.1, 0.15) is 43.2 Å². The topological polar surface area (TPSA) is 32.3 Å². The van der Waals surface area contributed by atoms with Gasteiger partial charge in [-0.15, -0.1) is 0 Å². The minimum Gasteiger partial charge on any atom is -0.352 e. The number of hydrogen-bond donors (Lipinski definition) is 1. The zero-order valence-corrected chi connectivity index (χ0v) is 12.1. The summed E-state index contributed by atoms with van der Waals surface area (Å²) in [5, 5.41) is 3.01. The van der Waals surface area contributed by atoms with Gasteiger partial charge in [0.25, 0.3) is 0 Å². The molecule has 3 heteroatoms. The first-order valence-electron chi connectivity index (χ1n) is 7.89. The van der Waals surface area contributed by atoms with Crippen LogP contribution in [0.2, 0.25) is 0 Å². The molecular formula is C17H24N2O. The Balaban J connectivity index is 1.47. The van der Waals surface area contributed by atoms with Gasteiger partial charge in [-0.25, -0.2) is 0 Å². The average Bonchev–Trinajstić information content (AvgIpc) is 3.32. The maximum absolute atomic E-state index is 11.6. The van der Waals surface area contributed by atoms with E-state index in [0.717, 1.165) is 19.4 Å². The van der Waals surface area contributed by atoms with Crippen LogP contribution in [0.3, 0.4) is 0 Å². The molecule has 0 bridgehead atoms. The second-order valence-electron chi connectivity index (χ2n) is 6.15. The molecule has 0 spiro atoms. The molecule has 0 unspecified atom stereocenters. The van der Waals surface area contributed by atoms with Crippen LogP contribution < -0.4 is 5.32 Å². The van der Waals surface area contributed by atoms with E-state index in [4.69, 9.17) is 0 Å². The highest BCUT2D eigenvalue weighted by Crippen LogP contribution is 2.28. The van der Waals surface area contributed by atoms with Gasteiger partial charge < -0.3 is 5.32 Å². The molecule has 1 saturated heterocycles. The SMILES string of the molecule is O=C(NCc1ccc(CN2CCCCC2)cc1)C1CC1. The fourth-order valence-electron chi connectivity index (χ4n) is 2.82. The predicted molar refractivity (Wildman–Crippen MR) is 80.1 cm³/mol. The lowest BCUT2D eigenvalue weighted by Crippen LogP contribution is -2.29. The normalized spacial score (nSPS) is 19.8. The fourth-order valence-corrected chi connectivity index (χ4v) is 2.82. The van der Waals surface area contributed by atoms with Gasteiger partial charge in [-0.3, -0.25) is 9.69 Å². The molecule has 0 atom stereocenters. The lowest BCUT2D eigenvalue weighted by molar-refractivity contribution is -0.122. The van der Waals surface area contributed by atoms with E-state index in [1.54, 1.807) is 0 Å². The molecule has 2 fully saturated rings. The van der Waals surface area contributed by atoms with Gasteiger partial charge >= 0.3 is 0 Å². The average molecular weight is 272 g/mol. The van der Waals surface area contributed by atoms with Crippen molar-refractivity contribution in [3.8, 4) is 0 Å². The third-order valence-electron chi connectivity index (χ3n) is 4.29. The van der Waals surface area contributed by atoms with Crippen LogP contribution in [0.5, 0.6) is 0 Å². The van der Waals surface area contributed by atoms with Gasteiger partial charge in [0, 0.05) is 19.0 Å². The van der Waals surface area contributed by atoms with Crippen molar-refractivity contribution in [2.45, 2.75) is 45.2 Å². The minimum atomic E-state index is 0.224. The first-order valence-corrected chi connectivity index (χ1v) is 7.89. The Kier molecular flexibility index (Phi) is 4.36. The van der Waals surface area contributed by atoms with Crippen molar-refractivity contribution in [2.75, 3.05) is 13.1 Å². The first-order chi connectivity index (χ1) is 9.81. The molecule has 1 amide bonds. The molecule has 2 aliphatic rings. The number of piperidine rings is 1. The Bertz CT molecular complexity index is 445. The van der Waals surface area contributed by atoms with Gasteiger partial charge in [-0.1, -0.05) is 30.7 Å². The Hall–Kier alpha value is -1.35. The van der Waals surface area contributed by atoms with Crippen molar-refractivity contribution in [3.05, 3.63) is 35.4 Å². The van der Waals surface area contributed by atoms with E-state index in [1.165, 1.54) is 43.5 Å². The van der Waals surface area contributed by atoms with E-state index in [9.17, 15) is 4.79 Å². The van der Waals surface area contributed by atoms with E-state index in [0.29, 0.717) is 12.5 Å². The second kappa shape index (κ2) is 6.40. The van der Waals surface area contributed by atoms with Crippen molar-refractivity contribution in [2.24, 2.45) is 5.92 Å². The quantitative estimate of drug-likeness (QED) is 0.894. The molecule has 1 aliphatic carbocycles. The molecule has 3 nitrogen and oxygen atoms in total. The number of nitrogens with zero attached hydrogens (tertiary/aromatic N) is 1. The van der Waals surface area contributed by atoms with Crippen molar-refractivity contribution >= 4 is 5.91 Å². The van der Waals surface area contributed by atoms with Crippen LogP contribution in [0.25, 0.3) is 0 Å². The summed E-state index contributed by atoms with van der Waals surface area (Å²) in [6.07, 6.45) is 6.20. The third-order valence-corrected chi connectivity index (χ3v) is 4.29. The number of hydrogen-bond acceptors (Lipinski definition) is 2. The molecule has 0 radical (unpaired) electrons. The third kappa shape index (κ3) is 3.83. The Labute approximate surface area is 121 Å². The molecular weight excluding hydrogens is 248 g/mol. The molecule has 20 heavy (non-hydrogen) atoms. The molecule has 1 saturated carbocycles. The summed E-state index contributed by atoms with van der Waals surface area (Å²) in [6.45, 7) is 4.20. The smallest absolute Gasteiger partial charge is 0.223 e. The molecule has 1 aromatic carbocycles. The zero-order chi connectivity index (χ0) is 13.8. The zero-order valence-electron chi connectivity index (χ0n) is 12.1. The maximum atomic E-state index is 11.6. The Morgan fingerprint density at radius 1 is 1.05 bits per heavy atom. The number of amides is 1. The summed E-state index contributed by atoms with van der Waals surface area (Å²) in [4.78, 5) is 14.1. The van der Waals surface area contributed by atoms with E-state index in [1.807, 2.05) is 0 Å². The highest BCUT2D eigenvalue weighted by molar-refractivity contribution is 5.80. The van der Waals surface area contributed by atoms with Crippen molar-refractivity contribution in [1.29, 1.82) is 0 Å². The van der Waals surface area contributed by atoms with Crippen LogP contribution >= 0.6 is 0 Å². The lowest BCUT2D eigenvalue weighted by atomic mass is 10.1. The molecule has 3 rings (SSSR count). The summed E-state index contributed by atoms with van der Waals surface area (Å²) < 4.78 is 0. The van der Waals surface area contributed by atoms with E-state index >= 15 is 0 Å². The summed E-state index contributed by atoms with van der Waals surface area (Å²) in [5.41, 5.74) is 2.57. The van der Waals surface area contributed by atoms with Crippen molar-refractivity contribution < 1.29 is 4.79 Å². The number of nitrogens with one attached hydrogen (secondary N) is 1. The lowest BCUT2D eigenvalue weighted by Gasteiger charge is -2.26. The molecule has 1 aliphatic heterocycles. The fraction of sp³-hybridized carbons (Fsp3) is 0.588. The van der Waals surface area contributed by atoms with Crippen LogP contribution in [-0.4, -0.2) is 23.9 Å². The van der Waals surface area contributed by atoms with Crippen LogP contribution in [0, 0.1) is 5.92 Å². The van der Waals surface area contributed by atoms with E-state index in [2.05, 4.69) is 34.5 Å². The van der Waals surface area contributed by atoms with Crippen LogP contribution in [0.4, 0.5) is 0 Å². The largest absolute Gasteiger partial charge is 0.352 e. The molecule has 108 valence electrons. The number of carbonyl (C=O) groups excluding carboxylic acids is 1. The number of rotatable bonds is 5. The van der Waals surface area contributed by atoms with E-state index in [-0.39, 0.29) is 5.91 Å². The summed E-state index contributed by atoms with van der Waals surface area (Å²) in [7, 11) is 0. The van der Waals surface area contributed by atoms with Crippen molar-refractivity contribution in [1.82, 2.24) is 10.2 Å². The second-order valence-corrected chi connectivity index (χ2v) is 6.15. The molecule has 1 aromatic rings. The van der Waals surface area contributed by atoms with Gasteiger partial charge in [0.05, 0.1) is 0 Å². The molecule has 1 heterocycles. The highest BCUT2D eigenvalue weighted by atomic mass is 16.2. The maximum Gasteiger partial charge on any atom is 0.223 e. The summed E-state index contributed by atoms with van der Waals surface area (Å²) >= 11 is 0. The van der Waals surface area contributed by atoms with Gasteiger partial charge in [-0.05, 0) is 49.9 Å². The Morgan fingerprint density at radius 2 is 1.70 bits per heavy atom. The van der Waals surface area contributed by atoms with Gasteiger partial charge in [-0.2, -0.15) is 0 Å². The number of carbonyl (C=O) groups is 1. The predicted octanol–water partition coefficient (Wildman–Crippen LogP) is 2.70.